The first-order valence-electron chi connectivity index (χ1n) is 5.41. The Labute approximate surface area is 104 Å². The van der Waals surface area contributed by atoms with Crippen LogP contribution in [-0.4, -0.2) is 42.4 Å². The van der Waals surface area contributed by atoms with Gasteiger partial charge in [-0.2, -0.15) is 0 Å². The Kier molecular flexibility index (Phi) is 3.81. The maximum Gasteiger partial charge on any atom is 0.339 e. The molecular weight excluding hydrogens is 244 g/mol. The molecule has 1 aliphatic rings. The first kappa shape index (κ1) is 12.1. The lowest BCUT2D eigenvalue weighted by Crippen LogP contribution is -2.28. The Balaban J connectivity index is 2.34. The molecule has 0 atom stereocenters. The van der Waals surface area contributed by atoms with E-state index in [0.29, 0.717) is 30.7 Å². The number of hydrogen-bond acceptors (Lipinski definition) is 4. The summed E-state index contributed by atoms with van der Waals surface area (Å²) in [6, 6.07) is 2.97. The number of anilines is 1. The smallest absolute Gasteiger partial charge is 0.339 e. The molecule has 5 nitrogen and oxygen atoms in total. The van der Waals surface area contributed by atoms with Gasteiger partial charge in [-0.3, -0.25) is 0 Å². The third kappa shape index (κ3) is 2.87. The second kappa shape index (κ2) is 5.33. The first-order chi connectivity index (χ1) is 8.18. The van der Waals surface area contributed by atoms with Crippen molar-refractivity contribution in [3.8, 4) is 0 Å². The molecule has 1 N–H and O–H groups in total. The van der Waals surface area contributed by atoms with Crippen molar-refractivity contribution in [1.29, 1.82) is 0 Å². The van der Waals surface area contributed by atoms with Crippen molar-refractivity contribution in [2.24, 2.45) is 0 Å². The number of aromatic carboxylic acids is 1. The maximum atomic E-state index is 11.1. The summed E-state index contributed by atoms with van der Waals surface area (Å²) in [7, 11) is 0. The molecule has 2 rings (SSSR count). The normalized spacial score (nSPS) is 16.6. The van der Waals surface area contributed by atoms with E-state index >= 15 is 0 Å². The van der Waals surface area contributed by atoms with Gasteiger partial charge in [-0.25, -0.2) is 9.78 Å². The highest BCUT2D eigenvalue weighted by Gasteiger charge is 2.19. The minimum absolute atomic E-state index is 0.177. The standard InChI is InChI=1S/C11H13ClN2O3/c12-9-3-2-8(11(15)16)10(13-9)14-4-1-6-17-7-5-14/h2-3H,1,4-7H2,(H,15,16). The minimum atomic E-state index is -0.991. The predicted octanol–water partition coefficient (Wildman–Crippen LogP) is 1.66. The monoisotopic (exact) mass is 256 g/mol. The van der Waals surface area contributed by atoms with Gasteiger partial charge in [0.15, 0.2) is 0 Å². The van der Waals surface area contributed by atoms with E-state index in [1.807, 2.05) is 4.90 Å². The van der Waals surface area contributed by atoms with E-state index in [0.717, 1.165) is 13.0 Å². The Bertz CT molecular complexity index is 417. The quantitative estimate of drug-likeness (QED) is 0.816. The van der Waals surface area contributed by atoms with Crippen LogP contribution >= 0.6 is 11.6 Å². The van der Waals surface area contributed by atoms with Gasteiger partial charge in [-0.05, 0) is 18.6 Å². The number of carboxylic acid groups (broad SMARTS) is 1. The van der Waals surface area contributed by atoms with E-state index in [9.17, 15) is 4.79 Å². The van der Waals surface area contributed by atoms with Gasteiger partial charge in [-0.1, -0.05) is 11.6 Å². The van der Waals surface area contributed by atoms with Crippen molar-refractivity contribution in [2.75, 3.05) is 31.2 Å². The first-order valence-corrected chi connectivity index (χ1v) is 5.79. The summed E-state index contributed by atoms with van der Waals surface area (Å²) in [5.41, 5.74) is 0.177. The highest BCUT2D eigenvalue weighted by molar-refractivity contribution is 6.29. The molecular formula is C11H13ClN2O3. The number of rotatable bonds is 2. The number of aromatic nitrogens is 1. The molecule has 6 heteroatoms. The van der Waals surface area contributed by atoms with Crippen LogP contribution in [-0.2, 0) is 4.74 Å². The highest BCUT2D eigenvalue weighted by Crippen LogP contribution is 2.21. The number of pyridine rings is 1. The molecule has 1 aromatic heterocycles. The predicted molar refractivity (Wildman–Crippen MR) is 63.9 cm³/mol. The summed E-state index contributed by atoms with van der Waals surface area (Å²) in [6.07, 6.45) is 0.854. The van der Waals surface area contributed by atoms with Crippen LogP contribution in [0.5, 0.6) is 0 Å². The molecule has 1 saturated heterocycles. The van der Waals surface area contributed by atoms with E-state index in [1.165, 1.54) is 12.1 Å². The topological polar surface area (TPSA) is 62.7 Å². The fourth-order valence-corrected chi connectivity index (χ4v) is 1.93. The van der Waals surface area contributed by atoms with Crippen LogP contribution in [0.2, 0.25) is 5.15 Å². The second-order valence-electron chi connectivity index (χ2n) is 3.76. The van der Waals surface area contributed by atoms with E-state index in [-0.39, 0.29) is 5.56 Å². The van der Waals surface area contributed by atoms with Crippen molar-refractivity contribution < 1.29 is 14.6 Å². The van der Waals surface area contributed by atoms with Gasteiger partial charge in [0.1, 0.15) is 16.5 Å². The summed E-state index contributed by atoms with van der Waals surface area (Å²) in [5, 5.41) is 9.42. The van der Waals surface area contributed by atoms with E-state index in [4.69, 9.17) is 21.4 Å². The van der Waals surface area contributed by atoms with Gasteiger partial charge in [0.2, 0.25) is 0 Å². The zero-order valence-corrected chi connectivity index (χ0v) is 9.98. The average Bonchev–Trinajstić information content (AvgIpc) is 2.56. The summed E-state index contributed by atoms with van der Waals surface area (Å²) < 4.78 is 5.33. The molecule has 0 bridgehead atoms. The summed E-state index contributed by atoms with van der Waals surface area (Å²) in [5.74, 6) is -0.565. The van der Waals surface area contributed by atoms with E-state index in [1.54, 1.807) is 0 Å². The molecule has 1 aromatic rings. The molecule has 0 aromatic carbocycles. The Morgan fingerprint density at radius 1 is 1.41 bits per heavy atom. The highest BCUT2D eigenvalue weighted by atomic mass is 35.5. The molecule has 0 amide bonds. The van der Waals surface area contributed by atoms with Gasteiger partial charge in [-0.15, -0.1) is 0 Å². The van der Waals surface area contributed by atoms with Crippen LogP contribution in [0.3, 0.4) is 0 Å². The molecule has 0 radical (unpaired) electrons. The van der Waals surface area contributed by atoms with Gasteiger partial charge in [0, 0.05) is 19.7 Å². The summed E-state index contributed by atoms with van der Waals surface area (Å²) >= 11 is 5.82. The number of ether oxygens (including phenoxy) is 1. The number of carboxylic acids is 1. The van der Waals surface area contributed by atoms with Crippen LogP contribution in [0.1, 0.15) is 16.8 Å². The number of nitrogens with zero attached hydrogens (tertiary/aromatic N) is 2. The largest absolute Gasteiger partial charge is 0.478 e. The number of hydrogen-bond donors (Lipinski definition) is 1. The molecule has 1 aliphatic heterocycles. The fourth-order valence-electron chi connectivity index (χ4n) is 1.79. The van der Waals surface area contributed by atoms with Crippen LogP contribution in [0.4, 0.5) is 5.82 Å². The molecule has 0 spiro atoms. The van der Waals surface area contributed by atoms with Crippen molar-refractivity contribution in [3.05, 3.63) is 22.8 Å². The lowest BCUT2D eigenvalue weighted by atomic mass is 10.2. The van der Waals surface area contributed by atoms with Gasteiger partial charge >= 0.3 is 5.97 Å². The molecule has 2 heterocycles. The second-order valence-corrected chi connectivity index (χ2v) is 4.15. The minimum Gasteiger partial charge on any atom is -0.478 e. The molecule has 92 valence electrons. The van der Waals surface area contributed by atoms with Crippen molar-refractivity contribution in [1.82, 2.24) is 4.98 Å². The van der Waals surface area contributed by atoms with Gasteiger partial charge in [0.25, 0.3) is 0 Å². The van der Waals surface area contributed by atoms with Crippen LogP contribution in [0.25, 0.3) is 0 Å². The SMILES string of the molecule is O=C(O)c1ccc(Cl)nc1N1CCCOCC1. The third-order valence-corrected chi connectivity index (χ3v) is 2.80. The number of halogens is 1. The molecule has 0 unspecified atom stereocenters. The van der Waals surface area contributed by atoms with E-state index < -0.39 is 5.97 Å². The Hall–Kier alpha value is -1.33. The van der Waals surface area contributed by atoms with E-state index in [2.05, 4.69) is 4.98 Å². The van der Waals surface area contributed by atoms with Crippen molar-refractivity contribution in [2.45, 2.75) is 6.42 Å². The average molecular weight is 257 g/mol. The number of carbonyl (C=O) groups is 1. The van der Waals surface area contributed by atoms with Crippen molar-refractivity contribution >= 4 is 23.4 Å². The Morgan fingerprint density at radius 2 is 2.24 bits per heavy atom. The molecule has 1 fully saturated rings. The fraction of sp³-hybridized carbons (Fsp3) is 0.455. The van der Waals surface area contributed by atoms with Gasteiger partial charge < -0.3 is 14.7 Å². The molecule has 0 aliphatic carbocycles. The van der Waals surface area contributed by atoms with Gasteiger partial charge in [0.05, 0.1) is 6.61 Å². The molecule has 17 heavy (non-hydrogen) atoms. The van der Waals surface area contributed by atoms with Crippen LogP contribution in [0, 0.1) is 0 Å². The zero-order chi connectivity index (χ0) is 12.3. The van der Waals surface area contributed by atoms with Crippen LogP contribution < -0.4 is 4.90 Å². The zero-order valence-electron chi connectivity index (χ0n) is 9.23. The lowest BCUT2D eigenvalue weighted by Gasteiger charge is -2.22. The summed E-state index contributed by atoms with van der Waals surface area (Å²) in [6.45, 7) is 2.63. The third-order valence-electron chi connectivity index (χ3n) is 2.59. The maximum absolute atomic E-state index is 11.1. The molecule has 0 saturated carbocycles. The summed E-state index contributed by atoms with van der Waals surface area (Å²) in [4.78, 5) is 17.1. The lowest BCUT2D eigenvalue weighted by molar-refractivity contribution is 0.0697. The van der Waals surface area contributed by atoms with Crippen molar-refractivity contribution in [3.63, 3.8) is 0 Å². The van der Waals surface area contributed by atoms with Crippen LogP contribution in [0.15, 0.2) is 12.1 Å². The Morgan fingerprint density at radius 3 is 3.00 bits per heavy atom.